The number of aliphatic hydroxyl groups is 1. The van der Waals surface area contributed by atoms with E-state index in [1.54, 1.807) is 7.11 Å². The highest BCUT2D eigenvalue weighted by atomic mass is 16.5. The lowest BCUT2D eigenvalue weighted by atomic mass is 9.80. The van der Waals surface area contributed by atoms with Crippen LogP contribution in [0.4, 0.5) is 0 Å². The number of hydrogen-bond acceptors (Lipinski definition) is 3. The highest BCUT2D eigenvalue weighted by Crippen LogP contribution is 2.29. The van der Waals surface area contributed by atoms with Crippen molar-refractivity contribution in [2.45, 2.75) is 38.7 Å². The normalized spacial score (nSPS) is 28.3. The van der Waals surface area contributed by atoms with Gasteiger partial charge in [0.25, 0.3) is 0 Å². The summed E-state index contributed by atoms with van der Waals surface area (Å²) in [7, 11) is 3.73. The maximum Gasteiger partial charge on any atom is 0.0899 e. The van der Waals surface area contributed by atoms with E-state index in [0.29, 0.717) is 6.61 Å². The summed E-state index contributed by atoms with van der Waals surface area (Å²) in [6.07, 6.45) is 5.15. The molecule has 0 radical (unpaired) electrons. The van der Waals surface area contributed by atoms with Crippen molar-refractivity contribution in [2.24, 2.45) is 11.8 Å². The summed E-state index contributed by atoms with van der Waals surface area (Å²) in [5.41, 5.74) is 0. The first-order valence-electron chi connectivity index (χ1n) is 6.49. The van der Waals surface area contributed by atoms with E-state index in [-0.39, 0.29) is 6.10 Å². The molecule has 0 heterocycles. The van der Waals surface area contributed by atoms with Gasteiger partial charge in [-0.3, -0.25) is 0 Å². The first-order chi connectivity index (χ1) is 7.63. The molecule has 3 atom stereocenters. The fourth-order valence-electron chi connectivity index (χ4n) is 2.74. The minimum absolute atomic E-state index is 0.353. The van der Waals surface area contributed by atoms with Crippen LogP contribution in [0.2, 0.25) is 0 Å². The van der Waals surface area contributed by atoms with Crippen molar-refractivity contribution in [3.8, 4) is 0 Å². The Morgan fingerprint density at radius 3 is 2.69 bits per heavy atom. The van der Waals surface area contributed by atoms with Gasteiger partial charge in [-0.2, -0.15) is 0 Å². The van der Waals surface area contributed by atoms with Gasteiger partial charge < -0.3 is 14.7 Å². The molecule has 3 unspecified atom stereocenters. The van der Waals surface area contributed by atoms with Crippen molar-refractivity contribution in [2.75, 3.05) is 33.9 Å². The number of aliphatic hydroxyl groups excluding tert-OH is 1. The average Bonchev–Trinajstić information content (AvgIpc) is 2.21. The second-order valence-corrected chi connectivity index (χ2v) is 5.35. The van der Waals surface area contributed by atoms with Gasteiger partial charge in [-0.1, -0.05) is 26.2 Å². The Kier molecular flexibility index (Phi) is 6.32. The van der Waals surface area contributed by atoms with Gasteiger partial charge >= 0.3 is 0 Å². The molecule has 3 nitrogen and oxygen atoms in total. The summed E-state index contributed by atoms with van der Waals surface area (Å²) in [6, 6.07) is 0. The summed E-state index contributed by atoms with van der Waals surface area (Å²) in [5, 5.41) is 9.65. The summed E-state index contributed by atoms with van der Waals surface area (Å²) in [5.74, 6) is 1.66. The summed E-state index contributed by atoms with van der Waals surface area (Å²) < 4.78 is 4.94. The minimum atomic E-state index is -0.353. The Hall–Kier alpha value is -0.120. The van der Waals surface area contributed by atoms with Crippen LogP contribution in [0.5, 0.6) is 0 Å². The van der Waals surface area contributed by atoms with Gasteiger partial charge in [-0.25, -0.2) is 0 Å². The second-order valence-electron chi connectivity index (χ2n) is 5.35. The van der Waals surface area contributed by atoms with Gasteiger partial charge in [-0.05, 0) is 25.3 Å². The molecule has 0 spiro atoms. The Balaban J connectivity index is 2.24. The highest BCUT2D eigenvalue weighted by Gasteiger charge is 2.22. The van der Waals surface area contributed by atoms with E-state index in [1.807, 2.05) is 0 Å². The Morgan fingerprint density at radius 1 is 1.38 bits per heavy atom. The standard InChI is InChI=1S/C13H27NO2/c1-11-6-4-5-7-12(11)8-14(2)9-13(15)10-16-3/h11-13,15H,4-10H2,1-3H3. The third kappa shape index (κ3) is 4.81. The zero-order valence-electron chi connectivity index (χ0n) is 11.0. The zero-order chi connectivity index (χ0) is 12.0. The Bertz CT molecular complexity index is 187. The van der Waals surface area contributed by atoms with Crippen LogP contribution in [0.1, 0.15) is 32.6 Å². The van der Waals surface area contributed by atoms with Crippen molar-refractivity contribution in [1.29, 1.82) is 0 Å². The average molecular weight is 229 g/mol. The van der Waals surface area contributed by atoms with Gasteiger partial charge in [0, 0.05) is 20.2 Å². The van der Waals surface area contributed by atoms with Crippen molar-refractivity contribution >= 4 is 0 Å². The first kappa shape index (κ1) is 13.9. The van der Waals surface area contributed by atoms with Crippen LogP contribution in [0, 0.1) is 11.8 Å². The molecule has 1 N–H and O–H groups in total. The van der Waals surface area contributed by atoms with Crippen LogP contribution in [0.3, 0.4) is 0 Å². The van der Waals surface area contributed by atoms with E-state index >= 15 is 0 Å². The molecule has 0 aromatic heterocycles. The minimum Gasteiger partial charge on any atom is -0.389 e. The fourth-order valence-corrected chi connectivity index (χ4v) is 2.74. The molecular formula is C13H27NO2. The van der Waals surface area contributed by atoms with Gasteiger partial charge in [0.15, 0.2) is 0 Å². The molecule has 1 rings (SSSR count). The second kappa shape index (κ2) is 7.25. The number of likely N-dealkylation sites (N-methyl/N-ethyl adjacent to an activating group) is 1. The molecule has 0 aromatic carbocycles. The van der Waals surface area contributed by atoms with Crippen molar-refractivity contribution in [3.63, 3.8) is 0 Å². The quantitative estimate of drug-likeness (QED) is 0.753. The molecule has 1 aliphatic carbocycles. The van der Waals surface area contributed by atoms with Crippen molar-refractivity contribution < 1.29 is 9.84 Å². The number of nitrogens with zero attached hydrogens (tertiary/aromatic N) is 1. The predicted molar refractivity (Wildman–Crippen MR) is 66.5 cm³/mol. The highest BCUT2D eigenvalue weighted by molar-refractivity contribution is 4.75. The third-order valence-electron chi connectivity index (χ3n) is 3.72. The molecule has 16 heavy (non-hydrogen) atoms. The van der Waals surface area contributed by atoms with Crippen LogP contribution in [-0.2, 0) is 4.74 Å². The van der Waals surface area contributed by atoms with Gasteiger partial charge in [0.2, 0.25) is 0 Å². The molecule has 1 fully saturated rings. The molecule has 3 heteroatoms. The van der Waals surface area contributed by atoms with Crippen LogP contribution in [0.15, 0.2) is 0 Å². The molecule has 96 valence electrons. The largest absolute Gasteiger partial charge is 0.389 e. The molecule has 1 saturated carbocycles. The third-order valence-corrected chi connectivity index (χ3v) is 3.72. The van der Waals surface area contributed by atoms with Crippen molar-refractivity contribution in [1.82, 2.24) is 4.90 Å². The topological polar surface area (TPSA) is 32.7 Å². The fraction of sp³-hybridized carbons (Fsp3) is 1.00. The van der Waals surface area contributed by atoms with E-state index in [1.165, 1.54) is 25.7 Å². The molecule has 0 amide bonds. The van der Waals surface area contributed by atoms with E-state index in [9.17, 15) is 5.11 Å². The maximum atomic E-state index is 9.65. The van der Waals surface area contributed by atoms with E-state index in [0.717, 1.165) is 24.9 Å². The van der Waals surface area contributed by atoms with Crippen LogP contribution in [0.25, 0.3) is 0 Å². The zero-order valence-corrected chi connectivity index (χ0v) is 11.0. The van der Waals surface area contributed by atoms with Crippen LogP contribution < -0.4 is 0 Å². The molecule has 0 aromatic rings. The number of ether oxygens (including phenoxy) is 1. The van der Waals surface area contributed by atoms with E-state index < -0.39 is 0 Å². The van der Waals surface area contributed by atoms with Gasteiger partial charge in [-0.15, -0.1) is 0 Å². The van der Waals surface area contributed by atoms with E-state index in [4.69, 9.17) is 4.74 Å². The Morgan fingerprint density at radius 2 is 2.06 bits per heavy atom. The Labute approximate surface area is 99.8 Å². The summed E-state index contributed by atoms with van der Waals surface area (Å²) in [4.78, 5) is 2.25. The lowest BCUT2D eigenvalue weighted by Gasteiger charge is -2.32. The SMILES string of the molecule is COCC(O)CN(C)CC1CCCCC1C. The van der Waals surface area contributed by atoms with Gasteiger partial charge in [0.05, 0.1) is 12.7 Å². The van der Waals surface area contributed by atoms with Gasteiger partial charge in [0.1, 0.15) is 0 Å². The first-order valence-corrected chi connectivity index (χ1v) is 6.49. The molecule has 0 aliphatic heterocycles. The molecule has 0 saturated heterocycles. The molecular weight excluding hydrogens is 202 g/mol. The predicted octanol–water partition coefficient (Wildman–Crippen LogP) is 1.75. The molecule has 1 aliphatic rings. The summed E-state index contributed by atoms with van der Waals surface area (Å²) in [6.45, 7) is 4.63. The monoisotopic (exact) mass is 229 g/mol. The molecule has 0 bridgehead atoms. The number of hydrogen-bond donors (Lipinski definition) is 1. The van der Waals surface area contributed by atoms with Crippen LogP contribution in [-0.4, -0.2) is 50.0 Å². The summed E-state index contributed by atoms with van der Waals surface area (Å²) >= 11 is 0. The lowest BCUT2D eigenvalue weighted by molar-refractivity contribution is 0.0365. The smallest absolute Gasteiger partial charge is 0.0899 e. The van der Waals surface area contributed by atoms with Crippen LogP contribution >= 0.6 is 0 Å². The van der Waals surface area contributed by atoms with Crippen molar-refractivity contribution in [3.05, 3.63) is 0 Å². The van der Waals surface area contributed by atoms with E-state index in [2.05, 4.69) is 18.9 Å². The maximum absolute atomic E-state index is 9.65. The number of rotatable bonds is 6. The number of methoxy groups -OCH3 is 1. The lowest BCUT2D eigenvalue weighted by Crippen LogP contribution is -2.37.